The molecule has 5 nitrogen and oxygen atoms in total. The maximum atomic E-state index is 14.7. The number of aromatic nitrogens is 2. The minimum Gasteiger partial charge on any atom is -0.492 e. The smallest absolute Gasteiger partial charge is 0.202 e. The molecule has 2 heterocycles. The molecule has 2 aromatic heterocycles. The third-order valence-electron chi connectivity index (χ3n) is 4.76. The van der Waals surface area contributed by atoms with Gasteiger partial charge in [0.05, 0.1) is 17.5 Å². The summed E-state index contributed by atoms with van der Waals surface area (Å²) in [7, 11) is 1.37. The molecule has 1 aliphatic rings. The second kappa shape index (κ2) is 8.50. The van der Waals surface area contributed by atoms with Crippen LogP contribution in [0.1, 0.15) is 22.3 Å². The molecule has 0 spiro atoms. The summed E-state index contributed by atoms with van der Waals surface area (Å²) in [5, 5.41) is 0.833. The number of carbonyl (C=O) groups excluding carboxylic acids is 1. The molecule has 8 heteroatoms. The van der Waals surface area contributed by atoms with Crippen molar-refractivity contribution in [1.29, 1.82) is 0 Å². The van der Waals surface area contributed by atoms with Gasteiger partial charge in [0.25, 0.3) is 0 Å². The molecule has 0 aliphatic heterocycles. The maximum Gasteiger partial charge on any atom is 0.202 e. The zero-order valence-electron chi connectivity index (χ0n) is 15.9. The first-order chi connectivity index (χ1) is 14.5. The van der Waals surface area contributed by atoms with Gasteiger partial charge >= 0.3 is 0 Å². The molecule has 1 aliphatic carbocycles. The standard InChI is InChI=1S/C22H17Cl2FN2O3/c1-29-21-18(30-11-12-2-4-13(23)5-3-12)7-6-17(25)19(21)20(28)16-10-27-22-15(16)8-14(24)9-26-22/h2-4,6-10,13H,5,11H2,1H3,(H,26,27). The lowest BCUT2D eigenvalue weighted by Crippen LogP contribution is -2.10. The lowest BCUT2D eigenvalue weighted by Gasteiger charge is -2.16. The minimum absolute atomic E-state index is 0.0277. The second-order valence-corrected chi connectivity index (χ2v) is 7.71. The molecule has 1 unspecified atom stereocenters. The Morgan fingerprint density at radius 1 is 1.40 bits per heavy atom. The Balaban J connectivity index is 1.69. The van der Waals surface area contributed by atoms with Crippen molar-refractivity contribution in [3.05, 3.63) is 76.4 Å². The van der Waals surface area contributed by atoms with Gasteiger partial charge < -0.3 is 14.5 Å². The van der Waals surface area contributed by atoms with E-state index in [1.807, 2.05) is 18.2 Å². The number of halogens is 3. The summed E-state index contributed by atoms with van der Waals surface area (Å²) in [5.41, 5.74) is 1.43. The van der Waals surface area contributed by atoms with Crippen LogP contribution < -0.4 is 9.47 Å². The second-order valence-electron chi connectivity index (χ2n) is 6.71. The maximum absolute atomic E-state index is 14.7. The Morgan fingerprint density at radius 2 is 2.23 bits per heavy atom. The number of benzene rings is 1. The van der Waals surface area contributed by atoms with Crippen LogP contribution in [-0.2, 0) is 0 Å². The van der Waals surface area contributed by atoms with Crippen molar-refractivity contribution in [1.82, 2.24) is 9.97 Å². The van der Waals surface area contributed by atoms with E-state index < -0.39 is 11.6 Å². The fraction of sp³-hybridized carbons (Fsp3) is 0.182. The summed E-state index contributed by atoms with van der Waals surface area (Å²) in [5.74, 6) is -0.984. The van der Waals surface area contributed by atoms with Crippen molar-refractivity contribution >= 4 is 40.0 Å². The molecule has 1 aromatic carbocycles. The third-order valence-corrected chi connectivity index (χ3v) is 5.29. The van der Waals surface area contributed by atoms with Gasteiger partial charge in [0.15, 0.2) is 11.5 Å². The van der Waals surface area contributed by atoms with E-state index in [4.69, 9.17) is 32.7 Å². The number of ketones is 1. The van der Waals surface area contributed by atoms with Crippen molar-refractivity contribution < 1.29 is 18.7 Å². The summed E-state index contributed by atoms with van der Waals surface area (Å²) >= 11 is 12.0. The molecule has 0 saturated heterocycles. The van der Waals surface area contributed by atoms with Crippen molar-refractivity contribution in [3.8, 4) is 11.5 Å². The largest absolute Gasteiger partial charge is 0.492 e. The van der Waals surface area contributed by atoms with E-state index >= 15 is 0 Å². The number of ether oxygens (including phenoxy) is 2. The topological polar surface area (TPSA) is 64.2 Å². The van der Waals surface area contributed by atoms with Crippen LogP contribution in [0.5, 0.6) is 11.5 Å². The van der Waals surface area contributed by atoms with E-state index in [0.29, 0.717) is 22.5 Å². The number of nitrogens with one attached hydrogen (secondary N) is 1. The number of allylic oxidation sites excluding steroid dienone is 2. The molecule has 0 bridgehead atoms. The quantitative estimate of drug-likeness (QED) is 0.402. The van der Waals surface area contributed by atoms with Crippen molar-refractivity contribution in [3.63, 3.8) is 0 Å². The van der Waals surface area contributed by atoms with Crippen LogP contribution in [-0.4, -0.2) is 34.8 Å². The fourth-order valence-corrected chi connectivity index (χ4v) is 3.59. The summed E-state index contributed by atoms with van der Waals surface area (Å²) in [4.78, 5) is 20.3. The molecular weight excluding hydrogens is 430 g/mol. The highest BCUT2D eigenvalue weighted by molar-refractivity contribution is 6.31. The SMILES string of the molecule is COc1c(OCC2=CCC(Cl)C=C2)ccc(F)c1C(=O)c1c[nH]c2ncc(Cl)cc12. The molecule has 0 saturated carbocycles. The van der Waals surface area contributed by atoms with E-state index in [0.717, 1.165) is 5.57 Å². The summed E-state index contributed by atoms with van der Waals surface area (Å²) in [6.45, 7) is 0.238. The van der Waals surface area contributed by atoms with Crippen molar-refractivity contribution in [2.75, 3.05) is 13.7 Å². The van der Waals surface area contributed by atoms with Gasteiger partial charge in [-0.05, 0) is 30.2 Å². The van der Waals surface area contributed by atoms with Crippen LogP contribution in [0.4, 0.5) is 4.39 Å². The number of H-pyrrole nitrogens is 1. The average molecular weight is 447 g/mol. The summed E-state index contributed by atoms with van der Waals surface area (Å²) in [6.07, 6.45) is 9.38. The van der Waals surface area contributed by atoms with E-state index in [1.54, 1.807) is 6.07 Å². The highest BCUT2D eigenvalue weighted by Crippen LogP contribution is 2.36. The van der Waals surface area contributed by atoms with Gasteiger partial charge in [-0.1, -0.05) is 29.8 Å². The lowest BCUT2D eigenvalue weighted by atomic mass is 10.0. The van der Waals surface area contributed by atoms with Crippen molar-refractivity contribution in [2.45, 2.75) is 11.8 Å². The van der Waals surface area contributed by atoms with Gasteiger partial charge in [-0.25, -0.2) is 9.37 Å². The molecule has 1 N–H and O–H groups in total. The van der Waals surface area contributed by atoms with Crippen LogP contribution in [0.2, 0.25) is 5.02 Å². The predicted molar refractivity (Wildman–Crippen MR) is 114 cm³/mol. The molecule has 0 radical (unpaired) electrons. The van der Waals surface area contributed by atoms with Gasteiger partial charge in [-0.15, -0.1) is 11.6 Å². The molecule has 30 heavy (non-hydrogen) atoms. The number of methoxy groups -OCH3 is 1. The number of carbonyl (C=O) groups is 1. The Hall–Kier alpha value is -2.83. The first-order valence-electron chi connectivity index (χ1n) is 9.16. The van der Waals surface area contributed by atoms with E-state index in [9.17, 15) is 9.18 Å². The third kappa shape index (κ3) is 3.93. The van der Waals surface area contributed by atoms with Gasteiger partial charge in [-0.3, -0.25) is 4.79 Å². The Kier molecular flexibility index (Phi) is 5.79. The predicted octanol–water partition coefficient (Wildman–Crippen LogP) is 5.47. The van der Waals surface area contributed by atoms with Crippen LogP contribution >= 0.6 is 23.2 Å². The van der Waals surface area contributed by atoms with Gasteiger partial charge in [0.1, 0.15) is 23.6 Å². The Morgan fingerprint density at radius 3 is 2.97 bits per heavy atom. The van der Waals surface area contributed by atoms with Crippen LogP contribution in [0.3, 0.4) is 0 Å². The highest BCUT2D eigenvalue weighted by atomic mass is 35.5. The van der Waals surface area contributed by atoms with Gasteiger partial charge in [0, 0.05) is 23.3 Å². The number of aromatic amines is 1. The number of alkyl halides is 1. The number of pyridine rings is 1. The zero-order chi connectivity index (χ0) is 21.3. The van der Waals surface area contributed by atoms with Gasteiger partial charge in [-0.2, -0.15) is 0 Å². The Labute approximate surface area is 182 Å². The number of rotatable bonds is 6. The minimum atomic E-state index is -0.713. The lowest BCUT2D eigenvalue weighted by molar-refractivity contribution is 0.103. The first-order valence-corrected chi connectivity index (χ1v) is 9.97. The van der Waals surface area contributed by atoms with E-state index in [1.165, 1.54) is 31.6 Å². The molecule has 4 rings (SSSR count). The summed E-state index contributed by atoms with van der Waals surface area (Å²) in [6, 6.07) is 4.23. The van der Waals surface area contributed by atoms with Crippen LogP contribution in [0, 0.1) is 5.82 Å². The molecule has 3 aromatic rings. The zero-order valence-corrected chi connectivity index (χ0v) is 17.4. The molecule has 154 valence electrons. The van der Waals surface area contributed by atoms with Crippen LogP contribution in [0.25, 0.3) is 11.0 Å². The van der Waals surface area contributed by atoms with Crippen LogP contribution in [0.15, 0.2) is 54.4 Å². The van der Waals surface area contributed by atoms with E-state index in [-0.39, 0.29) is 34.6 Å². The molecular formula is C22H17Cl2FN2O3. The Bertz CT molecular complexity index is 1190. The molecule has 1 atom stereocenters. The van der Waals surface area contributed by atoms with Crippen molar-refractivity contribution in [2.24, 2.45) is 0 Å². The number of fused-ring (bicyclic) bond motifs is 1. The van der Waals surface area contributed by atoms with Gasteiger partial charge in [0.2, 0.25) is 5.78 Å². The molecule has 0 fully saturated rings. The van der Waals surface area contributed by atoms with E-state index in [2.05, 4.69) is 9.97 Å². The molecule has 0 amide bonds. The average Bonchev–Trinajstić information content (AvgIpc) is 3.16. The summed E-state index contributed by atoms with van der Waals surface area (Å²) < 4.78 is 25.9. The highest BCUT2D eigenvalue weighted by Gasteiger charge is 2.25. The number of nitrogens with zero attached hydrogens (tertiary/aromatic N) is 1. The fourth-order valence-electron chi connectivity index (χ4n) is 3.27. The number of hydrogen-bond acceptors (Lipinski definition) is 4. The monoisotopic (exact) mass is 446 g/mol. The number of hydrogen-bond donors (Lipinski definition) is 1. The first kappa shape index (κ1) is 20.4. The normalized spacial score (nSPS) is 15.9.